The van der Waals surface area contributed by atoms with Gasteiger partial charge in [-0.25, -0.2) is 8.42 Å². The Balaban J connectivity index is 1.83. The van der Waals surface area contributed by atoms with Gasteiger partial charge in [0.05, 0.1) is 10.6 Å². The quantitative estimate of drug-likeness (QED) is 0.167. The Morgan fingerprint density at radius 2 is 1.43 bits per heavy atom. The van der Waals surface area contributed by atoms with Gasteiger partial charge in [-0.15, -0.1) is 0 Å². The van der Waals surface area contributed by atoms with Crippen molar-refractivity contribution in [2.45, 2.75) is 71.0 Å². The molecule has 0 aliphatic rings. The maximum Gasteiger partial charge on any atom is 0.264 e. The van der Waals surface area contributed by atoms with Gasteiger partial charge in [-0.2, -0.15) is 0 Å². The van der Waals surface area contributed by atoms with E-state index < -0.39 is 28.5 Å². The van der Waals surface area contributed by atoms with E-state index in [9.17, 15) is 18.0 Å². The van der Waals surface area contributed by atoms with Crippen LogP contribution in [0.25, 0.3) is 0 Å². The second-order valence-electron chi connectivity index (χ2n) is 11.8. The van der Waals surface area contributed by atoms with Gasteiger partial charge in [0, 0.05) is 24.0 Å². The van der Waals surface area contributed by atoms with Crippen LogP contribution in [0.15, 0.2) is 102 Å². The number of carbonyl (C=O) groups is 2. The normalized spacial score (nSPS) is 12.7. The zero-order valence-corrected chi connectivity index (χ0v) is 28.6. The van der Waals surface area contributed by atoms with Crippen LogP contribution in [0.4, 0.5) is 5.69 Å². The molecule has 0 radical (unpaired) electrons. The van der Waals surface area contributed by atoms with E-state index >= 15 is 0 Å². The predicted molar refractivity (Wildman–Crippen MR) is 185 cm³/mol. The summed E-state index contributed by atoms with van der Waals surface area (Å²) in [6.07, 6.45) is 0.949. The Bertz CT molecular complexity index is 1740. The molecule has 9 heteroatoms. The Hall–Kier alpha value is -4.14. The number of halogens is 1. The number of nitrogens with zero attached hydrogens (tertiary/aromatic N) is 2. The molecule has 0 aliphatic carbocycles. The molecule has 4 aromatic carbocycles. The molecule has 0 fully saturated rings. The first kappa shape index (κ1) is 34.7. The van der Waals surface area contributed by atoms with Crippen LogP contribution in [0.1, 0.15) is 48.1 Å². The minimum atomic E-state index is -4.18. The molecule has 1 N–H and O–H groups in total. The van der Waals surface area contributed by atoms with Gasteiger partial charge in [-0.1, -0.05) is 84.8 Å². The zero-order chi connectivity index (χ0) is 33.4. The summed E-state index contributed by atoms with van der Waals surface area (Å²) in [5.41, 5.74) is 4.59. The number of hydrogen-bond acceptors (Lipinski definition) is 4. The first-order valence-electron chi connectivity index (χ1n) is 15.4. The number of benzene rings is 4. The van der Waals surface area contributed by atoms with E-state index in [2.05, 4.69) is 5.32 Å². The van der Waals surface area contributed by atoms with Gasteiger partial charge in [0.15, 0.2) is 0 Å². The lowest BCUT2D eigenvalue weighted by Gasteiger charge is -2.34. The highest BCUT2D eigenvalue weighted by atomic mass is 35.5. The predicted octanol–water partition coefficient (Wildman–Crippen LogP) is 7.02. The van der Waals surface area contributed by atoms with E-state index in [1.807, 2.05) is 77.1 Å². The average Bonchev–Trinajstić information content (AvgIpc) is 3.01. The van der Waals surface area contributed by atoms with Crippen molar-refractivity contribution in [3.8, 4) is 0 Å². The van der Waals surface area contributed by atoms with Gasteiger partial charge < -0.3 is 10.2 Å². The fraction of sp³-hybridized carbons (Fsp3) is 0.297. The lowest BCUT2D eigenvalue weighted by atomic mass is 10.0. The Morgan fingerprint density at radius 3 is 2.04 bits per heavy atom. The molecular formula is C37H42ClN3O4S. The van der Waals surface area contributed by atoms with Crippen molar-refractivity contribution >= 4 is 39.1 Å². The topological polar surface area (TPSA) is 86.8 Å². The minimum absolute atomic E-state index is 0.0517. The molecule has 0 aromatic heterocycles. The van der Waals surface area contributed by atoms with Crippen LogP contribution in [0, 0.1) is 20.8 Å². The highest BCUT2D eigenvalue weighted by Gasteiger charge is 2.35. The van der Waals surface area contributed by atoms with Crippen LogP contribution >= 0.6 is 11.6 Å². The van der Waals surface area contributed by atoms with Crippen LogP contribution in [-0.2, 0) is 32.6 Å². The van der Waals surface area contributed by atoms with Gasteiger partial charge in [0.25, 0.3) is 10.0 Å². The molecule has 7 nitrogen and oxygen atoms in total. The fourth-order valence-corrected chi connectivity index (χ4v) is 6.90. The molecule has 0 bridgehead atoms. The highest BCUT2D eigenvalue weighted by Crippen LogP contribution is 2.27. The maximum atomic E-state index is 14.6. The van der Waals surface area contributed by atoms with Crippen molar-refractivity contribution in [3.05, 3.63) is 130 Å². The summed E-state index contributed by atoms with van der Waals surface area (Å²) >= 11 is 6.33. The highest BCUT2D eigenvalue weighted by molar-refractivity contribution is 7.92. The van der Waals surface area contributed by atoms with Crippen molar-refractivity contribution in [3.63, 3.8) is 0 Å². The number of anilines is 1. The maximum absolute atomic E-state index is 14.6. The number of carbonyl (C=O) groups excluding carboxylic acids is 2. The van der Waals surface area contributed by atoms with Gasteiger partial charge in [0.2, 0.25) is 11.8 Å². The smallest absolute Gasteiger partial charge is 0.264 e. The van der Waals surface area contributed by atoms with Crippen molar-refractivity contribution < 1.29 is 18.0 Å². The van der Waals surface area contributed by atoms with E-state index in [0.717, 1.165) is 32.1 Å². The van der Waals surface area contributed by atoms with Crippen LogP contribution in [0.5, 0.6) is 0 Å². The SMILES string of the molecule is CC[C@H](C)NC(=O)[C@@H](Cc1ccccc1)N(Cc1cccc(Cl)c1)C(=O)CN(c1cc(C)cc(C)c1)S(=O)(=O)c1ccc(C)cc1. The van der Waals surface area contributed by atoms with Crippen molar-refractivity contribution in [2.75, 3.05) is 10.8 Å². The van der Waals surface area contributed by atoms with Gasteiger partial charge in [0.1, 0.15) is 12.6 Å². The Morgan fingerprint density at radius 1 is 0.804 bits per heavy atom. The van der Waals surface area contributed by atoms with Crippen molar-refractivity contribution in [1.29, 1.82) is 0 Å². The van der Waals surface area contributed by atoms with Crippen molar-refractivity contribution in [1.82, 2.24) is 10.2 Å². The number of sulfonamides is 1. The van der Waals surface area contributed by atoms with Gasteiger partial charge >= 0.3 is 0 Å². The third-order valence-corrected chi connectivity index (χ3v) is 9.92. The number of amides is 2. The molecule has 46 heavy (non-hydrogen) atoms. The Kier molecular flexibility index (Phi) is 11.7. The number of rotatable bonds is 13. The lowest BCUT2D eigenvalue weighted by Crippen LogP contribution is -2.54. The number of aryl methyl sites for hydroxylation is 3. The molecule has 0 saturated carbocycles. The number of hydrogen-bond donors (Lipinski definition) is 1. The second-order valence-corrected chi connectivity index (χ2v) is 14.1. The Labute approximate surface area is 278 Å². The second kappa shape index (κ2) is 15.4. The van der Waals surface area contributed by atoms with Crippen LogP contribution in [0.3, 0.4) is 0 Å². The fourth-order valence-electron chi connectivity index (χ4n) is 5.29. The van der Waals surface area contributed by atoms with E-state index in [0.29, 0.717) is 17.1 Å². The zero-order valence-electron chi connectivity index (χ0n) is 27.0. The first-order chi connectivity index (χ1) is 21.9. The summed E-state index contributed by atoms with van der Waals surface area (Å²) in [4.78, 5) is 30.1. The van der Waals surface area contributed by atoms with E-state index in [-0.39, 0.29) is 29.8 Å². The molecule has 4 rings (SSSR count). The average molecular weight is 660 g/mol. The molecule has 0 unspecified atom stereocenters. The standard InChI is InChI=1S/C37H42ClN3O4S/c1-6-29(5)39-37(43)35(23-30-11-8-7-9-12-30)40(24-31-13-10-14-32(38)22-31)36(42)25-41(33-20-27(3)19-28(4)21-33)46(44,45)34-17-15-26(2)16-18-34/h7-22,29,35H,6,23-25H2,1-5H3,(H,39,43)/t29-,35+/m0/s1. The largest absolute Gasteiger partial charge is 0.352 e. The molecule has 0 saturated heterocycles. The molecule has 0 aliphatic heterocycles. The molecule has 242 valence electrons. The summed E-state index contributed by atoms with van der Waals surface area (Å²) in [5, 5.41) is 3.55. The summed E-state index contributed by atoms with van der Waals surface area (Å²) in [5.74, 6) is -0.831. The summed E-state index contributed by atoms with van der Waals surface area (Å²) in [6.45, 7) is 9.08. The molecule has 0 spiro atoms. The van der Waals surface area contributed by atoms with E-state index in [4.69, 9.17) is 11.6 Å². The molecule has 0 heterocycles. The third-order valence-electron chi connectivity index (χ3n) is 7.90. The third kappa shape index (κ3) is 8.98. The summed E-state index contributed by atoms with van der Waals surface area (Å²) in [7, 11) is -4.18. The molecule has 2 atom stereocenters. The summed E-state index contributed by atoms with van der Waals surface area (Å²) < 4.78 is 29.7. The first-order valence-corrected chi connectivity index (χ1v) is 17.2. The van der Waals surface area contributed by atoms with Gasteiger partial charge in [-0.05, 0) is 92.8 Å². The molecule has 2 amide bonds. The number of nitrogens with one attached hydrogen (secondary N) is 1. The molecule has 4 aromatic rings. The van der Waals surface area contributed by atoms with Crippen molar-refractivity contribution in [2.24, 2.45) is 0 Å². The van der Waals surface area contributed by atoms with Crippen LogP contribution in [0.2, 0.25) is 5.02 Å². The van der Waals surface area contributed by atoms with Crippen LogP contribution < -0.4 is 9.62 Å². The monoisotopic (exact) mass is 659 g/mol. The van der Waals surface area contributed by atoms with Gasteiger partial charge in [-0.3, -0.25) is 13.9 Å². The molecular weight excluding hydrogens is 618 g/mol. The lowest BCUT2D eigenvalue weighted by molar-refractivity contribution is -0.140. The van der Waals surface area contributed by atoms with E-state index in [1.54, 1.807) is 54.6 Å². The van der Waals surface area contributed by atoms with Crippen LogP contribution in [-0.4, -0.2) is 43.8 Å². The minimum Gasteiger partial charge on any atom is -0.352 e. The summed E-state index contributed by atoms with van der Waals surface area (Å²) in [6, 6.07) is 27.6. The van der Waals surface area contributed by atoms with E-state index in [1.165, 1.54) is 4.90 Å².